The van der Waals surface area contributed by atoms with Gasteiger partial charge in [0.2, 0.25) is 0 Å². The number of aryl methyl sites for hydroxylation is 1. The van der Waals surface area contributed by atoms with Gasteiger partial charge in [-0.05, 0) is 37.7 Å². The number of esters is 1. The van der Waals surface area contributed by atoms with Crippen LogP contribution >= 0.6 is 0 Å². The molecular weight excluding hydrogens is 200 g/mol. The molecule has 0 aromatic heterocycles. The van der Waals surface area contributed by atoms with Gasteiger partial charge >= 0.3 is 5.97 Å². The van der Waals surface area contributed by atoms with Gasteiger partial charge in [0, 0.05) is 0 Å². The van der Waals surface area contributed by atoms with Gasteiger partial charge in [-0.1, -0.05) is 30.3 Å². The Hall–Kier alpha value is -1.31. The molecule has 86 valence electrons. The van der Waals surface area contributed by atoms with Crippen LogP contribution in [0.15, 0.2) is 30.3 Å². The minimum atomic E-state index is 0.00781. The van der Waals surface area contributed by atoms with Crippen LogP contribution in [-0.4, -0.2) is 12.6 Å². The topological polar surface area (TPSA) is 26.3 Å². The van der Waals surface area contributed by atoms with Crippen LogP contribution in [0.2, 0.25) is 0 Å². The van der Waals surface area contributed by atoms with Crippen molar-refractivity contribution in [2.75, 3.05) is 6.61 Å². The largest absolute Gasteiger partial charge is 0.465 e. The van der Waals surface area contributed by atoms with Crippen molar-refractivity contribution in [3.8, 4) is 0 Å². The zero-order chi connectivity index (χ0) is 11.2. The fraction of sp³-hybridized carbons (Fsp3) is 0.500. The molecule has 0 N–H and O–H groups in total. The molecule has 2 nitrogen and oxygen atoms in total. The van der Waals surface area contributed by atoms with Gasteiger partial charge in [-0.25, -0.2) is 0 Å². The SMILES string of the molecule is O=C1OCCCCC1CCc1ccccc1. The summed E-state index contributed by atoms with van der Waals surface area (Å²) in [7, 11) is 0. The number of carbonyl (C=O) groups is 1. The third-order valence-electron chi connectivity index (χ3n) is 3.15. The van der Waals surface area contributed by atoms with Crippen LogP contribution in [0.5, 0.6) is 0 Å². The molecule has 1 unspecified atom stereocenters. The fourth-order valence-electron chi connectivity index (χ4n) is 2.15. The van der Waals surface area contributed by atoms with Crippen LogP contribution in [0.25, 0.3) is 0 Å². The van der Waals surface area contributed by atoms with Crippen molar-refractivity contribution in [3.05, 3.63) is 35.9 Å². The van der Waals surface area contributed by atoms with Crippen molar-refractivity contribution >= 4 is 5.97 Å². The average molecular weight is 218 g/mol. The van der Waals surface area contributed by atoms with Gasteiger partial charge in [-0.15, -0.1) is 0 Å². The maximum Gasteiger partial charge on any atom is 0.308 e. The van der Waals surface area contributed by atoms with E-state index in [0.29, 0.717) is 6.61 Å². The molecule has 1 aromatic carbocycles. The molecule has 2 rings (SSSR count). The molecule has 1 fully saturated rings. The highest BCUT2D eigenvalue weighted by atomic mass is 16.5. The van der Waals surface area contributed by atoms with Gasteiger partial charge < -0.3 is 4.74 Å². The van der Waals surface area contributed by atoms with Gasteiger partial charge in [0.1, 0.15) is 0 Å². The van der Waals surface area contributed by atoms with E-state index in [9.17, 15) is 4.79 Å². The van der Waals surface area contributed by atoms with Crippen molar-refractivity contribution in [3.63, 3.8) is 0 Å². The normalized spacial score (nSPS) is 21.2. The lowest BCUT2D eigenvalue weighted by Gasteiger charge is -2.11. The first-order valence-electron chi connectivity index (χ1n) is 6.07. The van der Waals surface area contributed by atoms with Crippen LogP contribution < -0.4 is 0 Å². The molecule has 1 aromatic rings. The average Bonchev–Trinajstić information content (AvgIpc) is 2.53. The first-order chi connectivity index (χ1) is 7.86. The quantitative estimate of drug-likeness (QED) is 0.729. The number of ether oxygens (including phenoxy) is 1. The molecule has 16 heavy (non-hydrogen) atoms. The van der Waals surface area contributed by atoms with E-state index in [4.69, 9.17) is 4.74 Å². The molecule has 1 atom stereocenters. The Balaban J connectivity index is 1.86. The van der Waals surface area contributed by atoms with Crippen molar-refractivity contribution in [2.45, 2.75) is 32.1 Å². The summed E-state index contributed by atoms with van der Waals surface area (Å²) in [6.45, 7) is 0.612. The highest BCUT2D eigenvalue weighted by Gasteiger charge is 2.21. The molecule has 0 spiro atoms. The lowest BCUT2D eigenvalue weighted by molar-refractivity contribution is -0.147. The van der Waals surface area contributed by atoms with E-state index >= 15 is 0 Å². The maximum absolute atomic E-state index is 11.6. The Kier molecular flexibility index (Phi) is 3.97. The number of carbonyl (C=O) groups excluding carboxylic acids is 1. The van der Waals surface area contributed by atoms with Crippen LogP contribution in [-0.2, 0) is 16.0 Å². The monoisotopic (exact) mass is 218 g/mol. The zero-order valence-electron chi connectivity index (χ0n) is 9.52. The molecule has 0 aliphatic carbocycles. The molecule has 1 aliphatic heterocycles. The molecule has 1 aliphatic rings. The summed E-state index contributed by atoms with van der Waals surface area (Å²) >= 11 is 0. The second-order valence-electron chi connectivity index (χ2n) is 4.38. The van der Waals surface area contributed by atoms with E-state index in [-0.39, 0.29) is 11.9 Å². The Bertz CT molecular complexity index is 332. The molecule has 0 radical (unpaired) electrons. The number of benzene rings is 1. The Labute approximate surface area is 96.6 Å². The fourth-order valence-corrected chi connectivity index (χ4v) is 2.15. The minimum Gasteiger partial charge on any atom is -0.465 e. The zero-order valence-corrected chi connectivity index (χ0v) is 9.52. The summed E-state index contributed by atoms with van der Waals surface area (Å²) in [5.74, 6) is 0.121. The number of hydrogen-bond acceptors (Lipinski definition) is 2. The van der Waals surface area contributed by atoms with Crippen LogP contribution in [0.3, 0.4) is 0 Å². The molecule has 0 bridgehead atoms. The van der Waals surface area contributed by atoms with Gasteiger partial charge in [-0.2, -0.15) is 0 Å². The second-order valence-corrected chi connectivity index (χ2v) is 4.38. The summed E-state index contributed by atoms with van der Waals surface area (Å²) in [5, 5.41) is 0. The van der Waals surface area contributed by atoms with E-state index in [1.165, 1.54) is 5.56 Å². The Morgan fingerprint density at radius 3 is 2.81 bits per heavy atom. The number of hydrogen-bond donors (Lipinski definition) is 0. The highest BCUT2D eigenvalue weighted by Crippen LogP contribution is 2.20. The second kappa shape index (κ2) is 5.69. The number of cyclic esters (lactones) is 1. The predicted molar refractivity (Wildman–Crippen MR) is 63.1 cm³/mol. The van der Waals surface area contributed by atoms with Crippen LogP contribution in [0.1, 0.15) is 31.2 Å². The lowest BCUT2D eigenvalue weighted by atomic mass is 9.95. The van der Waals surface area contributed by atoms with Crippen molar-refractivity contribution < 1.29 is 9.53 Å². The predicted octanol–water partition coefficient (Wildman–Crippen LogP) is 2.96. The van der Waals surface area contributed by atoms with E-state index in [0.717, 1.165) is 32.1 Å². The molecule has 1 saturated heterocycles. The summed E-state index contributed by atoms with van der Waals surface area (Å²) in [6, 6.07) is 10.3. The maximum atomic E-state index is 11.6. The summed E-state index contributed by atoms with van der Waals surface area (Å²) < 4.78 is 5.16. The van der Waals surface area contributed by atoms with E-state index in [2.05, 4.69) is 12.1 Å². The first kappa shape index (κ1) is 11.2. The van der Waals surface area contributed by atoms with Crippen LogP contribution in [0.4, 0.5) is 0 Å². The number of rotatable bonds is 3. The first-order valence-corrected chi connectivity index (χ1v) is 6.07. The third kappa shape index (κ3) is 3.09. The van der Waals surface area contributed by atoms with Crippen molar-refractivity contribution in [1.82, 2.24) is 0 Å². The molecule has 0 saturated carbocycles. The lowest BCUT2D eigenvalue weighted by Crippen LogP contribution is -2.16. The van der Waals surface area contributed by atoms with Gasteiger partial charge in [-0.3, -0.25) is 4.79 Å². The van der Waals surface area contributed by atoms with Gasteiger partial charge in [0.15, 0.2) is 0 Å². The smallest absolute Gasteiger partial charge is 0.308 e. The van der Waals surface area contributed by atoms with E-state index in [1.807, 2.05) is 18.2 Å². The van der Waals surface area contributed by atoms with Gasteiger partial charge in [0.05, 0.1) is 12.5 Å². The van der Waals surface area contributed by atoms with Gasteiger partial charge in [0.25, 0.3) is 0 Å². The Morgan fingerprint density at radius 2 is 2.00 bits per heavy atom. The summed E-state index contributed by atoms with van der Waals surface area (Å²) in [4.78, 5) is 11.6. The van der Waals surface area contributed by atoms with Crippen LogP contribution in [0, 0.1) is 5.92 Å². The minimum absolute atomic E-state index is 0.00781. The highest BCUT2D eigenvalue weighted by molar-refractivity contribution is 5.72. The molecule has 1 heterocycles. The molecule has 0 amide bonds. The van der Waals surface area contributed by atoms with E-state index in [1.54, 1.807) is 0 Å². The third-order valence-corrected chi connectivity index (χ3v) is 3.15. The Morgan fingerprint density at radius 1 is 1.19 bits per heavy atom. The van der Waals surface area contributed by atoms with Crippen molar-refractivity contribution in [1.29, 1.82) is 0 Å². The molecule has 2 heteroatoms. The van der Waals surface area contributed by atoms with Crippen molar-refractivity contribution in [2.24, 2.45) is 5.92 Å². The standard InChI is InChI=1S/C14H18O2/c15-14-13(8-4-5-11-16-14)10-9-12-6-2-1-3-7-12/h1-3,6-7,13H,4-5,8-11H2. The summed E-state index contributed by atoms with van der Waals surface area (Å²) in [6.07, 6.45) is 5.02. The summed E-state index contributed by atoms with van der Waals surface area (Å²) in [5.41, 5.74) is 1.31. The van der Waals surface area contributed by atoms with E-state index < -0.39 is 0 Å². The molecular formula is C14H18O2.